The summed E-state index contributed by atoms with van der Waals surface area (Å²) < 4.78 is 18.9. The lowest BCUT2D eigenvalue weighted by Crippen LogP contribution is -2.45. The second-order valence-corrected chi connectivity index (χ2v) is 6.18. The van der Waals surface area contributed by atoms with Gasteiger partial charge in [0.25, 0.3) is 0 Å². The van der Waals surface area contributed by atoms with Gasteiger partial charge in [0.15, 0.2) is 0 Å². The monoisotopic (exact) mass is 271 g/mol. The number of carbonyl (C=O) groups excluding carboxylic acids is 1. The largest absolute Gasteiger partial charge is 0.381 e. The Morgan fingerprint density at radius 2 is 2.05 bits per heavy atom. The molecule has 110 valence electrons. The average Bonchev–Trinajstić information content (AvgIpc) is 3.08. The molecule has 19 heavy (non-hydrogen) atoms. The molecule has 1 spiro atoms. The van der Waals surface area contributed by atoms with Gasteiger partial charge in [-0.2, -0.15) is 0 Å². The van der Waals surface area contributed by atoms with E-state index in [2.05, 4.69) is 0 Å². The van der Waals surface area contributed by atoms with Crippen molar-refractivity contribution in [2.24, 2.45) is 11.3 Å². The Bertz CT molecular complexity index is 326. The number of rotatable bonds is 5. The summed E-state index contributed by atoms with van der Waals surface area (Å²) in [7, 11) is 0. The van der Waals surface area contributed by atoms with E-state index in [-0.39, 0.29) is 23.3 Å². The lowest BCUT2D eigenvalue weighted by atomic mass is 9.93. The standard InChI is InChI=1S/C15H26FNO2/c1-4-7-17(12(3)11(2)16)14(18)13-10-15(13)5-8-19-9-6-15/h11-13H,4-10H2,1-3H3. The first-order chi connectivity index (χ1) is 9.02. The zero-order valence-corrected chi connectivity index (χ0v) is 12.3. The first kappa shape index (κ1) is 14.8. The van der Waals surface area contributed by atoms with Gasteiger partial charge >= 0.3 is 0 Å². The molecule has 1 heterocycles. The zero-order chi connectivity index (χ0) is 14.0. The van der Waals surface area contributed by atoms with Gasteiger partial charge in [-0.1, -0.05) is 6.92 Å². The van der Waals surface area contributed by atoms with E-state index in [0.717, 1.165) is 38.9 Å². The van der Waals surface area contributed by atoms with Crippen molar-refractivity contribution in [3.8, 4) is 0 Å². The van der Waals surface area contributed by atoms with Gasteiger partial charge in [0.2, 0.25) is 5.91 Å². The minimum absolute atomic E-state index is 0.115. The van der Waals surface area contributed by atoms with Crippen molar-refractivity contribution in [1.82, 2.24) is 4.90 Å². The fraction of sp³-hybridized carbons (Fsp3) is 0.933. The van der Waals surface area contributed by atoms with Crippen LogP contribution in [0.25, 0.3) is 0 Å². The normalized spacial score (nSPS) is 27.9. The summed E-state index contributed by atoms with van der Waals surface area (Å²) in [5.74, 6) is 0.282. The summed E-state index contributed by atoms with van der Waals surface area (Å²) >= 11 is 0. The maximum absolute atomic E-state index is 13.5. The van der Waals surface area contributed by atoms with E-state index in [0.29, 0.717) is 6.54 Å². The Balaban J connectivity index is 2.00. The molecule has 0 N–H and O–H groups in total. The molecule has 2 fully saturated rings. The highest BCUT2D eigenvalue weighted by Crippen LogP contribution is 2.59. The van der Waals surface area contributed by atoms with Crippen LogP contribution in [0.1, 0.15) is 46.5 Å². The first-order valence-corrected chi connectivity index (χ1v) is 7.54. The maximum atomic E-state index is 13.5. The van der Waals surface area contributed by atoms with Crippen LogP contribution in [0.5, 0.6) is 0 Å². The predicted octanol–water partition coefficient (Wildman–Crippen LogP) is 2.79. The Morgan fingerprint density at radius 1 is 1.42 bits per heavy atom. The van der Waals surface area contributed by atoms with Crippen LogP contribution >= 0.6 is 0 Å². The van der Waals surface area contributed by atoms with E-state index in [1.807, 2.05) is 13.8 Å². The molecule has 2 aliphatic rings. The number of hydrogen-bond donors (Lipinski definition) is 0. The highest BCUT2D eigenvalue weighted by Gasteiger charge is 2.59. The number of ether oxygens (including phenoxy) is 1. The van der Waals surface area contributed by atoms with E-state index in [1.54, 1.807) is 4.90 Å². The van der Waals surface area contributed by atoms with Crippen LogP contribution in [-0.4, -0.2) is 42.8 Å². The molecule has 2 rings (SSSR count). The van der Waals surface area contributed by atoms with Crippen LogP contribution in [0.2, 0.25) is 0 Å². The Morgan fingerprint density at radius 3 is 2.58 bits per heavy atom. The maximum Gasteiger partial charge on any atom is 0.226 e. The van der Waals surface area contributed by atoms with E-state index >= 15 is 0 Å². The van der Waals surface area contributed by atoms with Gasteiger partial charge in [-0.15, -0.1) is 0 Å². The number of carbonyl (C=O) groups is 1. The third-order valence-electron chi connectivity index (χ3n) is 4.88. The number of halogens is 1. The van der Waals surface area contributed by atoms with Crippen LogP contribution < -0.4 is 0 Å². The number of nitrogens with zero attached hydrogens (tertiary/aromatic N) is 1. The van der Waals surface area contributed by atoms with Crippen molar-refractivity contribution in [1.29, 1.82) is 0 Å². The summed E-state index contributed by atoms with van der Waals surface area (Å²) in [6, 6.07) is -0.315. The van der Waals surface area contributed by atoms with Gasteiger partial charge in [-0.05, 0) is 44.9 Å². The number of hydrogen-bond acceptors (Lipinski definition) is 2. The lowest BCUT2D eigenvalue weighted by molar-refractivity contribution is -0.137. The summed E-state index contributed by atoms with van der Waals surface area (Å²) in [4.78, 5) is 14.4. The van der Waals surface area contributed by atoms with Gasteiger partial charge in [-0.3, -0.25) is 4.79 Å². The SMILES string of the molecule is CCCN(C(=O)C1CC12CCOCC2)C(C)C(C)F. The van der Waals surface area contributed by atoms with Crippen LogP contribution in [0, 0.1) is 11.3 Å². The molecule has 4 heteroatoms. The Kier molecular flexibility index (Phi) is 4.49. The number of alkyl halides is 1. The highest BCUT2D eigenvalue weighted by molar-refractivity contribution is 5.83. The third kappa shape index (κ3) is 2.93. The molecule has 1 saturated heterocycles. The highest BCUT2D eigenvalue weighted by atomic mass is 19.1. The fourth-order valence-corrected chi connectivity index (χ4v) is 3.23. The van der Waals surface area contributed by atoms with Crippen LogP contribution in [0.4, 0.5) is 4.39 Å². The molecule has 1 saturated carbocycles. The molecule has 0 aromatic carbocycles. The Hall–Kier alpha value is -0.640. The summed E-state index contributed by atoms with van der Waals surface area (Å²) in [6.07, 6.45) is 2.86. The molecule has 1 aliphatic carbocycles. The van der Waals surface area contributed by atoms with E-state index in [9.17, 15) is 9.18 Å². The van der Waals surface area contributed by atoms with Gasteiger partial charge in [0.05, 0.1) is 6.04 Å². The van der Waals surface area contributed by atoms with Gasteiger partial charge in [-0.25, -0.2) is 4.39 Å². The Labute approximate surface area is 115 Å². The van der Waals surface area contributed by atoms with Crippen molar-refractivity contribution >= 4 is 5.91 Å². The molecular weight excluding hydrogens is 245 g/mol. The minimum atomic E-state index is -0.972. The molecule has 3 nitrogen and oxygen atoms in total. The van der Waals surface area contributed by atoms with Crippen LogP contribution in [0.3, 0.4) is 0 Å². The van der Waals surface area contributed by atoms with E-state index in [1.165, 1.54) is 6.92 Å². The predicted molar refractivity (Wildman–Crippen MR) is 72.6 cm³/mol. The van der Waals surface area contributed by atoms with Crippen molar-refractivity contribution in [3.63, 3.8) is 0 Å². The van der Waals surface area contributed by atoms with Gasteiger partial charge < -0.3 is 9.64 Å². The summed E-state index contributed by atoms with van der Waals surface area (Å²) in [6.45, 7) is 7.60. The quantitative estimate of drug-likeness (QED) is 0.769. The molecule has 1 amide bonds. The third-order valence-corrected chi connectivity index (χ3v) is 4.88. The molecule has 3 atom stereocenters. The van der Waals surface area contributed by atoms with Crippen molar-refractivity contribution in [2.45, 2.75) is 58.7 Å². The van der Waals surface area contributed by atoms with Crippen molar-refractivity contribution in [2.75, 3.05) is 19.8 Å². The first-order valence-electron chi connectivity index (χ1n) is 7.54. The lowest BCUT2D eigenvalue weighted by Gasteiger charge is -2.32. The van der Waals surface area contributed by atoms with Gasteiger partial charge in [0.1, 0.15) is 6.17 Å². The minimum Gasteiger partial charge on any atom is -0.381 e. The molecule has 3 unspecified atom stereocenters. The van der Waals surface area contributed by atoms with E-state index < -0.39 is 6.17 Å². The zero-order valence-electron chi connectivity index (χ0n) is 12.3. The van der Waals surface area contributed by atoms with Crippen LogP contribution in [-0.2, 0) is 9.53 Å². The van der Waals surface area contributed by atoms with E-state index in [4.69, 9.17) is 4.74 Å². The topological polar surface area (TPSA) is 29.5 Å². The fourth-order valence-electron chi connectivity index (χ4n) is 3.23. The average molecular weight is 271 g/mol. The van der Waals surface area contributed by atoms with Gasteiger partial charge in [0, 0.05) is 25.7 Å². The molecule has 0 aromatic rings. The van der Waals surface area contributed by atoms with Crippen LogP contribution in [0.15, 0.2) is 0 Å². The molecule has 0 radical (unpaired) electrons. The second kappa shape index (κ2) is 5.78. The smallest absolute Gasteiger partial charge is 0.226 e. The number of amides is 1. The second-order valence-electron chi connectivity index (χ2n) is 6.18. The summed E-state index contributed by atoms with van der Waals surface area (Å²) in [5.41, 5.74) is 0.181. The molecule has 0 aromatic heterocycles. The van der Waals surface area contributed by atoms with Crippen molar-refractivity contribution < 1.29 is 13.9 Å². The molecule has 1 aliphatic heterocycles. The molecule has 0 bridgehead atoms. The summed E-state index contributed by atoms with van der Waals surface area (Å²) in [5, 5.41) is 0. The molecular formula is C15H26FNO2. The van der Waals surface area contributed by atoms with Crippen molar-refractivity contribution in [3.05, 3.63) is 0 Å².